The first kappa shape index (κ1) is 14.3. The van der Waals surface area contributed by atoms with Gasteiger partial charge in [-0.25, -0.2) is 0 Å². The van der Waals surface area contributed by atoms with Crippen LogP contribution in [0.1, 0.15) is 39.5 Å². The molecular weight excluding hydrogens is 228 g/mol. The molecule has 2 N–H and O–H groups in total. The molecule has 1 saturated heterocycles. The third kappa shape index (κ3) is 2.44. The van der Waals surface area contributed by atoms with Gasteiger partial charge in [-0.05, 0) is 26.7 Å². The minimum absolute atomic E-state index is 0.0845. The lowest BCUT2D eigenvalue weighted by Gasteiger charge is -2.53. The number of morpholine rings is 1. The van der Waals surface area contributed by atoms with Crippen molar-refractivity contribution < 1.29 is 9.47 Å². The summed E-state index contributed by atoms with van der Waals surface area (Å²) in [5, 5.41) is 0. The van der Waals surface area contributed by atoms with Crippen LogP contribution < -0.4 is 5.73 Å². The van der Waals surface area contributed by atoms with E-state index in [1.807, 2.05) is 0 Å². The van der Waals surface area contributed by atoms with Gasteiger partial charge in [0.1, 0.15) is 0 Å². The standard InChI is InChI=1S/C14H28N2O2/c1-11(17-3)14(2,10-15)16-8-9-18-13-7-5-4-6-12(13)16/h11-13H,4-10,15H2,1-3H3. The van der Waals surface area contributed by atoms with E-state index in [1.165, 1.54) is 25.7 Å². The van der Waals surface area contributed by atoms with Crippen LogP contribution in [0.25, 0.3) is 0 Å². The SMILES string of the molecule is COC(C)C(C)(CN)N1CCOC2CCCCC21. The highest BCUT2D eigenvalue weighted by Crippen LogP contribution is 2.34. The Morgan fingerprint density at radius 3 is 2.83 bits per heavy atom. The largest absolute Gasteiger partial charge is 0.380 e. The molecule has 0 radical (unpaired) electrons. The summed E-state index contributed by atoms with van der Waals surface area (Å²) in [6.45, 7) is 6.79. The quantitative estimate of drug-likeness (QED) is 0.825. The van der Waals surface area contributed by atoms with Gasteiger partial charge in [0.2, 0.25) is 0 Å². The lowest BCUT2D eigenvalue weighted by atomic mass is 9.84. The summed E-state index contributed by atoms with van der Waals surface area (Å²) in [5.41, 5.74) is 5.99. The van der Waals surface area contributed by atoms with E-state index in [0.29, 0.717) is 18.7 Å². The Bertz CT molecular complexity index is 273. The second-order valence-corrected chi connectivity index (χ2v) is 5.89. The fraction of sp³-hybridized carbons (Fsp3) is 1.00. The van der Waals surface area contributed by atoms with Gasteiger partial charge in [0.15, 0.2) is 0 Å². The molecule has 4 atom stereocenters. The van der Waals surface area contributed by atoms with Crippen molar-refractivity contribution in [2.45, 2.75) is 63.3 Å². The first-order valence-electron chi connectivity index (χ1n) is 7.24. The van der Waals surface area contributed by atoms with Crippen LogP contribution in [-0.2, 0) is 9.47 Å². The van der Waals surface area contributed by atoms with Gasteiger partial charge >= 0.3 is 0 Å². The van der Waals surface area contributed by atoms with E-state index in [2.05, 4.69) is 18.7 Å². The van der Waals surface area contributed by atoms with Gasteiger partial charge in [-0.1, -0.05) is 12.8 Å². The summed E-state index contributed by atoms with van der Waals surface area (Å²) < 4.78 is 11.5. The summed E-state index contributed by atoms with van der Waals surface area (Å²) in [6.07, 6.45) is 5.59. The summed E-state index contributed by atoms with van der Waals surface area (Å²) in [6, 6.07) is 0.527. The molecule has 2 rings (SSSR count). The topological polar surface area (TPSA) is 47.7 Å². The molecule has 0 aromatic heterocycles. The molecule has 4 unspecified atom stereocenters. The van der Waals surface area contributed by atoms with E-state index in [-0.39, 0.29) is 11.6 Å². The first-order chi connectivity index (χ1) is 8.63. The maximum Gasteiger partial charge on any atom is 0.0736 e. The van der Waals surface area contributed by atoms with Gasteiger partial charge in [0, 0.05) is 26.2 Å². The fourth-order valence-corrected chi connectivity index (χ4v) is 3.50. The molecule has 106 valence electrons. The van der Waals surface area contributed by atoms with Crippen molar-refractivity contribution in [3.63, 3.8) is 0 Å². The van der Waals surface area contributed by atoms with Gasteiger partial charge in [-0.3, -0.25) is 4.90 Å². The predicted molar refractivity (Wildman–Crippen MR) is 72.6 cm³/mol. The minimum atomic E-state index is -0.0845. The van der Waals surface area contributed by atoms with Crippen LogP contribution in [0.5, 0.6) is 0 Å². The van der Waals surface area contributed by atoms with Crippen molar-refractivity contribution in [2.24, 2.45) is 5.73 Å². The highest BCUT2D eigenvalue weighted by Gasteiger charge is 2.45. The molecule has 4 heteroatoms. The maximum atomic E-state index is 6.07. The molecule has 1 saturated carbocycles. The highest BCUT2D eigenvalue weighted by molar-refractivity contribution is 5.00. The first-order valence-corrected chi connectivity index (χ1v) is 7.24. The van der Waals surface area contributed by atoms with E-state index in [0.717, 1.165) is 13.2 Å². The van der Waals surface area contributed by atoms with E-state index in [1.54, 1.807) is 7.11 Å². The van der Waals surface area contributed by atoms with E-state index in [4.69, 9.17) is 15.2 Å². The molecule has 0 bridgehead atoms. The van der Waals surface area contributed by atoms with Crippen LogP contribution in [0, 0.1) is 0 Å². The molecule has 2 aliphatic rings. The Morgan fingerprint density at radius 1 is 1.44 bits per heavy atom. The van der Waals surface area contributed by atoms with Crippen molar-refractivity contribution in [2.75, 3.05) is 26.8 Å². The van der Waals surface area contributed by atoms with Crippen molar-refractivity contribution in [3.8, 4) is 0 Å². The molecule has 1 heterocycles. The Balaban J connectivity index is 2.17. The summed E-state index contributed by atoms with van der Waals surface area (Å²) >= 11 is 0. The van der Waals surface area contributed by atoms with Gasteiger partial charge in [0.25, 0.3) is 0 Å². The molecule has 0 aromatic rings. The van der Waals surface area contributed by atoms with E-state index < -0.39 is 0 Å². The Labute approximate surface area is 111 Å². The molecule has 1 aliphatic carbocycles. The summed E-state index contributed by atoms with van der Waals surface area (Å²) in [4.78, 5) is 2.56. The number of fused-ring (bicyclic) bond motifs is 1. The number of nitrogens with two attached hydrogens (primary N) is 1. The predicted octanol–water partition coefficient (Wildman–Crippen LogP) is 1.38. The average molecular weight is 256 g/mol. The molecule has 18 heavy (non-hydrogen) atoms. The number of methoxy groups -OCH3 is 1. The average Bonchev–Trinajstić information content (AvgIpc) is 2.45. The molecule has 0 amide bonds. The Kier molecular flexibility index (Phi) is 4.64. The van der Waals surface area contributed by atoms with Crippen LogP contribution >= 0.6 is 0 Å². The van der Waals surface area contributed by atoms with E-state index in [9.17, 15) is 0 Å². The molecule has 0 aromatic carbocycles. The van der Waals surface area contributed by atoms with Crippen LogP contribution in [0.4, 0.5) is 0 Å². The Morgan fingerprint density at radius 2 is 2.17 bits per heavy atom. The zero-order chi connectivity index (χ0) is 13.2. The van der Waals surface area contributed by atoms with Crippen LogP contribution in [-0.4, -0.2) is 55.5 Å². The van der Waals surface area contributed by atoms with Crippen LogP contribution in [0.2, 0.25) is 0 Å². The van der Waals surface area contributed by atoms with Gasteiger partial charge in [-0.2, -0.15) is 0 Å². The fourth-order valence-electron chi connectivity index (χ4n) is 3.50. The molecule has 4 nitrogen and oxygen atoms in total. The Hall–Kier alpha value is -0.160. The zero-order valence-electron chi connectivity index (χ0n) is 12.0. The van der Waals surface area contributed by atoms with Gasteiger partial charge in [0.05, 0.1) is 24.4 Å². The maximum absolute atomic E-state index is 6.07. The number of hydrogen-bond acceptors (Lipinski definition) is 4. The number of nitrogens with zero attached hydrogens (tertiary/aromatic N) is 1. The van der Waals surface area contributed by atoms with Crippen LogP contribution in [0.3, 0.4) is 0 Å². The third-order valence-electron chi connectivity index (χ3n) is 5.03. The van der Waals surface area contributed by atoms with Crippen LogP contribution in [0.15, 0.2) is 0 Å². The highest BCUT2D eigenvalue weighted by atomic mass is 16.5. The van der Waals surface area contributed by atoms with Gasteiger partial charge in [-0.15, -0.1) is 0 Å². The monoisotopic (exact) mass is 256 g/mol. The second kappa shape index (κ2) is 5.87. The zero-order valence-corrected chi connectivity index (χ0v) is 12.0. The normalized spacial score (nSPS) is 34.7. The van der Waals surface area contributed by atoms with E-state index >= 15 is 0 Å². The molecular formula is C14H28N2O2. The molecule has 2 fully saturated rings. The molecule has 1 aliphatic heterocycles. The summed E-state index contributed by atoms with van der Waals surface area (Å²) in [7, 11) is 1.78. The lowest BCUT2D eigenvalue weighted by molar-refractivity contribution is -0.147. The number of hydrogen-bond donors (Lipinski definition) is 1. The third-order valence-corrected chi connectivity index (χ3v) is 5.03. The summed E-state index contributed by atoms with van der Waals surface area (Å²) in [5.74, 6) is 0. The van der Waals surface area contributed by atoms with Gasteiger partial charge < -0.3 is 15.2 Å². The smallest absolute Gasteiger partial charge is 0.0736 e. The second-order valence-electron chi connectivity index (χ2n) is 5.89. The number of rotatable bonds is 4. The van der Waals surface area contributed by atoms with Crippen molar-refractivity contribution >= 4 is 0 Å². The number of ether oxygens (including phenoxy) is 2. The van der Waals surface area contributed by atoms with Crippen molar-refractivity contribution in [1.82, 2.24) is 4.90 Å². The van der Waals surface area contributed by atoms with Crippen molar-refractivity contribution in [1.29, 1.82) is 0 Å². The molecule has 0 spiro atoms. The van der Waals surface area contributed by atoms with Crippen molar-refractivity contribution in [3.05, 3.63) is 0 Å². The minimum Gasteiger partial charge on any atom is -0.380 e. The lowest BCUT2D eigenvalue weighted by Crippen LogP contribution is -2.67.